The van der Waals surface area contributed by atoms with Gasteiger partial charge in [0.25, 0.3) is 0 Å². The predicted octanol–water partition coefficient (Wildman–Crippen LogP) is 0.537. The molecule has 82 valence electrons. The molecule has 2 heterocycles. The van der Waals surface area contributed by atoms with Crippen LogP contribution in [0.4, 0.5) is 0 Å². The lowest BCUT2D eigenvalue weighted by molar-refractivity contribution is 0.0738. The van der Waals surface area contributed by atoms with Crippen LogP contribution in [0.2, 0.25) is 0 Å². The Labute approximate surface area is 86.7 Å². The second-order valence-electron chi connectivity index (χ2n) is 4.77. The van der Waals surface area contributed by atoms with Gasteiger partial charge in [-0.25, -0.2) is 0 Å². The lowest BCUT2D eigenvalue weighted by Gasteiger charge is -2.38. The molecule has 0 saturated carbocycles. The van der Waals surface area contributed by atoms with Gasteiger partial charge in [-0.15, -0.1) is 0 Å². The van der Waals surface area contributed by atoms with Crippen LogP contribution in [0.15, 0.2) is 0 Å². The maximum atomic E-state index is 9.28. The fourth-order valence-corrected chi connectivity index (χ4v) is 2.94. The van der Waals surface area contributed by atoms with Gasteiger partial charge in [0.2, 0.25) is 0 Å². The molecular formula is C11H22N2O. The van der Waals surface area contributed by atoms with E-state index in [0.29, 0.717) is 18.7 Å². The predicted molar refractivity (Wildman–Crippen MR) is 57.3 cm³/mol. The van der Waals surface area contributed by atoms with Crippen LogP contribution in [0.1, 0.15) is 25.7 Å². The zero-order valence-electron chi connectivity index (χ0n) is 9.15. The van der Waals surface area contributed by atoms with Crippen molar-refractivity contribution >= 4 is 0 Å². The van der Waals surface area contributed by atoms with Crippen molar-refractivity contribution in [3.05, 3.63) is 0 Å². The first-order valence-electron chi connectivity index (χ1n) is 5.86. The summed E-state index contributed by atoms with van der Waals surface area (Å²) in [6.45, 7) is 3.98. The highest BCUT2D eigenvalue weighted by atomic mass is 16.3. The largest absolute Gasteiger partial charge is 0.395 e. The molecule has 3 heteroatoms. The molecule has 2 fully saturated rings. The van der Waals surface area contributed by atoms with Gasteiger partial charge < -0.3 is 10.0 Å². The molecule has 1 N–H and O–H groups in total. The number of likely N-dealkylation sites (tertiary alicyclic amines) is 2. The van der Waals surface area contributed by atoms with Crippen molar-refractivity contribution in [2.24, 2.45) is 0 Å². The smallest absolute Gasteiger partial charge is 0.0587 e. The van der Waals surface area contributed by atoms with Gasteiger partial charge in [-0.05, 0) is 45.8 Å². The van der Waals surface area contributed by atoms with E-state index < -0.39 is 0 Å². The fourth-order valence-electron chi connectivity index (χ4n) is 2.94. The second kappa shape index (κ2) is 4.60. The van der Waals surface area contributed by atoms with Gasteiger partial charge >= 0.3 is 0 Å². The van der Waals surface area contributed by atoms with Crippen molar-refractivity contribution in [1.82, 2.24) is 9.80 Å². The van der Waals surface area contributed by atoms with Crippen molar-refractivity contribution in [2.45, 2.75) is 37.8 Å². The number of piperidine rings is 1. The number of aliphatic hydroxyl groups is 1. The molecule has 0 aliphatic carbocycles. The first kappa shape index (κ1) is 10.4. The Morgan fingerprint density at radius 2 is 2.00 bits per heavy atom. The Morgan fingerprint density at radius 1 is 1.21 bits per heavy atom. The van der Waals surface area contributed by atoms with Gasteiger partial charge in [0.1, 0.15) is 0 Å². The SMILES string of the molecule is CN1CCCC(N2CCCC2CO)C1. The third-order valence-corrected chi connectivity index (χ3v) is 3.70. The maximum absolute atomic E-state index is 9.28. The topological polar surface area (TPSA) is 26.7 Å². The summed E-state index contributed by atoms with van der Waals surface area (Å²) in [5, 5.41) is 9.28. The van der Waals surface area contributed by atoms with Crippen molar-refractivity contribution in [3.63, 3.8) is 0 Å². The van der Waals surface area contributed by atoms with Crippen LogP contribution < -0.4 is 0 Å². The minimum Gasteiger partial charge on any atom is -0.395 e. The first-order valence-corrected chi connectivity index (χ1v) is 5.86. The highest BCUT2D eigenvalue weighted by molar-refractivity contribution is 4.87. The number of hydrogen-bond acceptors (Lipinski definition) is 3. The van der Waals surface area contributed by atoms with Crippen LogP contribution in [-0.4, -0.2) is 60.3 Å². The van der Waals surface area contributed by atoms with Crippen molar-refractivity contribution in [1.29, 1.82) is 0 Å². The standard InChI is InChI=1S/C11H22N2O/c1-12-6-2-4-10(8-12)13-7-3-5-11(13)9-14/h10-11,14H,2-9H2,1H3. The van der Waals surface area contributed by atoms with Crippen LogP contribution in [0, 0.1) is 0 Å². The Bertz CT molecular complexity index is 186. The average molecular weight is 198 g/mol. The molecule has 2 aliphatic rings. The van der Waals surface area contributed by atoms with Gasteiger partial charge in [0, 0.05) is 18.6 Å². The van der Waals surface area contributed by atoms with E-state index in [1.54, 1.807) is 0 Å². The Kier molecular flexibility index (Phi) is 3.42. The number of aliphatic hydroxyl groups excluding tert-OH is 1. The molecule has 0 aromatic rings. The minimum atomic E-state index is 0.347. The molecule has 3 nitrogen and oxygen atoms in total. The Morgan fingerprint density at radius 3 is 2.71 bits per heavy atom. The van der Waals surface area contributed by atoms with Crippen LogP contribution >= 0.6 is 0 Å². The molecule has 0 bridgehead atoms. The zero-order valence-corrected chi connectivity index (χ0v) is 9.15. The van der Waals surface area contributed by atoms with Crippen molar-refractivity contribution < 1.29 is 5.11 Å². The first-order chi connectivity index (χ1) is 6.81. The molecule has 0 amide bonds. The molecule has 0 spiro atoms. The average Bonchev–Trinajstić information content (AvgIpc) is 2.65. The van der Waals surface area contributed by atoms with Crippen LogP contribution in [0.25, 0.3) is 0 Å². The Balaban J connectivity index is 1.92. The van der Waals surface area contributed by atoms with E-state index in [9.17, 15) is 5.11 Å². The zero-order chi connectivity index (χ0) is 9.97. The van der Waals surface area contributed by atoms with E-state index in [2.05, 4.69) is 16.8 Å². The number of likely N-dealkylation sites (N-methyl/N-ethyl adjacent to an activating group) is 1. The summed E-state index contributed by atoms with van der Waals surface area (Å²) in [5.74, 6) is 0. The normalized spacial score (nSPS) is 36.4. The van der Waals surface area contributed by atoms with Gasteiger partial charge in [-0.3, -0.25) is 4.90 Å². The molecule has 14 heavy (non-hydrogen) atoms. The molecule has 0 aromatic heterocycles. The molecule has 2 unspecified atom stereocenters. The van der Waals surface area contributed by atoms with Crippen LogP contribution in [-0.2, 0) is 0 Å². The molecule has 0 radical (unpaired) electrons. The Hall–Kier alpha value is -0.120. The van der Waals surface area contributed by atoms with E-state index in [1.165, 1.54) is 45.3 Å². The van der Waals surface area contributed by atoms with Gasteiger partial charge in [-0.1, -0.05) is 0 Å². The fraction of sp³-hybridized carbons (Fsp3) is 1.00. The summed E-state index contributed by atoms with van der Waals surface area (Å²) in [7, 11) is 2.20. The molecule has 2 saturated heterocycles. The monoisotopic (exact) mass is 198 g/mol. The number of hydrogen-bond donors (Lipinski definition) is 1. The molecule has 2 aliphatic heterocycles. The van der Waals surface area contributed by atoms with E-state index in [0.717, 1.165) is 0 Å². The number of nitrogens with zero attached hydrogens (tertiary/aromatic N) is 2. The third kappa shape index (κ3) is 2.10. The second-order valence-corrected chi connectivity index (χ2v) is 4.77. The van der Waals surface area contributed by atoms with Crippen molar-refractivity contribution in [2.75, 3.05) is 33.3 Å². The lowest BCUT2D eigenvalue weighted by atomic mass is 10.0. The lowest BCUT2D eigenvalue weighted by Crippen LogP contribution is -2.49. The quantitative estimate of drug-likeness (QED) is 0.701. The van der Waals surface area contributed by atoms with Gasteiger partial charge in [0.15, 0.2) is 0 Å². The summed E-state index contributed by atoms with van der Waals surface area (Å²) in [6.07, 6.45) is 5.10. The molecule has 2 rings (SSSR count). The van der Waals surface area contributed by atoms with E-state index in [1.807, 2.05) is 0 Å². The number of rotatable bonds is 2. The van der Waals surface area contributed by atoms with E-state index in [-0.39, 0.29) is 0 Å². The van der Waals surface area contributed by atoms with Gasteiger partial charge in [-0.2, -0.15) is 0 Å². The molecule has 2 atom stereocenters. The summed E-state index contributed by atoms with van der Waals surface area (Å²) < 4.78 is 0. The van der Waals surface area contributed by atoms with Crippen LogP contribution in [0.5, 0.6) is 0 Å². The van der Waals surface area contributed by atoms with E-state index >= 15 is 0 Å². The van der Waals surface area contributed by atoms with Crippen LogP contribution in [0.3, 0.4) is 0 Å². The van der Waals surface area contributed by atoms with E-state index in [4.69, 9.17) is 0 Å². The van der Waals surface area contributed by atoms with Gasteiger partial charge in [0.05, 0.1) is 6.61 Å². The summed E-state index contributed by atoms with van der Waals surface area (Å²) in [6, 6.07) is 1.15. The summed E-state index contributed by atoms with van der Waals surface area (Å²) >= 11 is 0. The summed E-state index contributed by atoms with van der Waals surface area (Å²) in [4.78, 5) is 4.95. The third-order valence-electron chi connectivity index (χ3n) is 3.70. The minimum absolute atomic E-state index is 0.347. The van der Waals surface area contributed by atoms with Crippen molar-refractivity contribution in [3.8, 4) is 0 Å². The maximum Gasteiger partial charge on any atom is 0.0587 e. The summed E-state index contributed by atoms with van der Waals surface area (Å²) in [5.41, 5.74) is 0. The molecule has 0 aromatic carbocycles. The highest BCUT2D eigenvalue weighted by Crippen LogP contribution is 2.24. The highest BCUT2D eigenvalue weighted by Gasteiger charge is 2.31. The molecular weight excluding hydrogens is 176 g/mol.